The minimum absolute atomic E-state index is 0.0258. The number of thiazole rings is 1. The first-order valence-corrected chi connectivity index (χ1v) is 10.8. The van der Waals surface area contributed by atoms with Gasteiger partial charge in [-0.3, -0.25) is 0 Å². The highest BCUT2D eigenvalue weighted by Crippen LogP contribution is 2.35. The lowest BCUT2D eigenvalue weighted by Crippen LogP contribution is -2.43. The molecule has 31 heavy (non-hydrogen) atoms. The minimum atomic E-state index is -0.169. The molecule has 8 nitrogen and oxygen atoms in total. The number of hydrogen-bond acceptors (Lipinski definition) is 7. The Balaban J connectivity index is 1.34. The number of anilines is 1. The number of piperidine rings is 1. The fourth-order valence-electron chi connectivity index (χ4n) is 3.56. The van der Waals surface area contributed by atoms with Crippen molar-refractivity contribution in [1.82, 2.24) is 9.88 Å². The summed E-state index contributed by atoms with van der Waals surface area (Å²) in [5.74, 6) is 1.85. The largest absolute Gasteiger partial charge is 0.497 e. The van der Waals surface area contributed by atoms with Crippen LogP contribution in [0.2, 0.25) is 0 Å². The number of amides is 2. The maximum atomic E-state index is 12.7. The number of methoxy groups -OCH3 is 3. The van der Waals surface area contributed by atoms with Gasteiger partial charge in [0.25, 0.3) is 5.19 Å². The van der Waals surface area contributed by atoms with Crippen LogP contribution in [-0.2, 0) is 0 Å². The standard InChI is InChI=1S/C22H25N3O5S/c1-27-15-7-8-19-17(13-15)24-22(31-19)30-14-9-11-25(12-10-14)21(26)23-16-5-4-6-18(28-2)20(16)29-3/h4-8,13-14H,9-12H2,1-3H3,(H,23,26). The molecule has 4 rings (SSSR count). The van der Waals surface area contributed by atoms with Crippen LogP contribution in [-0.4, -0.2) is 56.4 Å². The molecule has 0 spiro atoms. The van der Waals surface area contributed by atoms with Crippen molar-refractivity contribution in [3.63, 3.8) is 0 Å². The molecule has 2 aromatic carbocycles. The second-order valence-corrected chi connectivity index (χ2v) is 8.08. The van der Waals surface area contributed by atoms with E-state index >= 15 is 0 Å². The second kappa shape index (κ2) is 9.30. The summed E-state index contributed by atoms with van der Waals surface area (Å²) in [6.07, 6.45) is 1.50. The molecule has 0 atom stereocenters. The third-order valence-electron chi connectivity index (χ3n) is 5.22. The number of carbonyl (C=O) groups is 1. The molecule has 0 aliphatic carbocycles. The molecule has 1 N–H and O–H groups in total. The van der Waals surface area contributed by atoms with Crippen LogP contribution in [0.3, 0.4) is 0 Å². The average molecular weight is 444 g/mol. The predicted octanol–water partition coefficient (Wildman–Crippen LogP) is 4.40. The number of aromatic nitrogens is 1. The molecule has 164 valence electrons. The topological polar surface area (TPSA) is 82.2 Å². The molecule has 0 bridgehead atoms. The number of nitrogens with zero attached hydrogens (tertiary/aromatic N) is 2. The van der Waals surface area contributed by atoms with Gasteiger partial charge in [0.15, 0.2) is 11.5 Å². The minimum Gasteiger partial charge on any atom is -0.497 e. The van der Waals surface area contributed by atoms with Crippen molar-refractivity contribution in [2.45, 2.75) is 18.9 Å². The Kier molecular flexibility index (Phi) is 6.31. The van der Waals surface area contributed by atoms with Gasteiger partial charge in [-0.1, -0.05) is 17.4 Å². The Labute approximate surface area is 184 Å². The summed E-state index contributed by atoms with van der Waals surface area (Å²) in [6, 6.07) is 11.0. The molecule has 1 fully saturated rings. The molecule has 1 aromatic heterocycles. The van der Waals surface area contributed by atoms with Gasteiger partial charge in [-0.25, -0.2) is 9.78 Å². The Hall–Kier alpha value is -3.20. The number of ether oxygens (including phenoxy) is 4. The van der Waals surface area contributed by atoms with Crippen molar-refractivity contribution >= 4 is 33.3 Å². The zero-order valence-corrected chi connectivity index (χ0v) is 18.5. The number of urea groups is 1. The second-order valence-electron chi connectivity index (χ2n) is 7.09. The van der Waals surface area contributed by atoms with Crippen LogP contribution < -0.4 is 24.3 Å². The van der Waals surface area contributed by atoms with Gasteiger partial charge in [0, 0.05) is 32.0 Å². The predicted molar refractivity (Wildman–Crippen MR) is 120 cm³/mol. The van der Waals surface area contributed by atoms with Crippen molar-refractivity contribution in [2.75, 3.05) is 39.7 Å². The molecule has 0 unspecified atom stereocenters. The first kappa shape index (κ1) is 21.0. The third kappa shape index (κ3) is 4.61. The molecule has 2 heterocycles. The average Bonchev–Trinajstić information content (AvgIpc) is 3.20. The van der Waals surface area contributed by atoms with E-state index in [0.717, 1.165) is 28.8 Å². The molecule has 2 amide bonds. The lowest BCUT2D eigenvalue weighted by molar-refractivity contribution is 0.115. The monoisotopic (exact) mass is 443 g/mol. The van der Waals surface area contributed by atoms with E-state index in [1.165, 1.54) is 11.3 Å². The number of fused-ring (bicyclic) bond motifs is 1. The van der Waals surface area contributed by atoms with Crippen LogP contribution in [0.4, 0.5) is 10.5 Å². The molecule has 1 aliphatic rings. The summed E-state index contributed by atoms with van der Waals surface area (Å²) >= 11 is 1.52. The van der Waals surface area contributed by atoms with Crippen LogP contribution in [0, 0.1) is 0 Å². The van der Waals surface area contributed by atoms with Gasteiger partial charge in [-0.2, -0.15) is 0 Å². The molecule has 9 heteroatoms. The van der Waals surface area contributed by atoms with Crippen LogP contribution in [0.25, 0.3) is 10.2 Å². The van der Waals surface area contributed by atoms with Crippen LogP contribution >= 0.6 is 11.3 Å². The first-order chi connectivity index (χ1) is 15.1. The van der Waals surface area contributed by atoms with E-state index in [9.17, 15) is 4.79 Å². The zero-order valence-electron chi connectivity index (χ0n) is 17.7. The molecule has 0 radical (unpaired) electrons. The molecular weight excluding hydrogens is 418 g/mol. The highest BCUT2D eigenvalue weighted by atomic mass is 32.1. The Bertz CT molecular complexity index is 1060. The summed E-state index contributed by atoms with van der Waals surface area (Å²) in [5.41, 5.74) is 1.44. The zero-order chi connectivity index (χ0) is 21.8. The highest BCUT2D eigenvalue weighted by molar-refractivity contribution is 7.20. The Morgan fingerprint density at radius 3 is 2.61 bits per heavy atom. The van der Waals surface area contributed by atoms with Crippen molar-refractivity contribution in [3.8, 4) is 22.4 Å². The summed E-state index contributed by atoms with van der Waals surface area (Å²) in [6.45, 7) is 1.20. The van der Waals surface area contributed by atoms with E-state index in [0.29, 0.717) is 35.5 Å². The normalized spacial score (nSPS) is 14.4. The van der Waals surface area contributed by atoms with E-state index < -0.39 is 0 Å². The van der Waals surface area contributed by atoms with Crippen molar-refractivity contribution in [1.29, 1.82) is 0 Å². The van der Waals surface area contributed by atoms with Gasteiger partial charge in [0.1, 0.15) is 11.9 Å². The van der Waals surface area contributed by atoms with E-state index in [2.05, 4.69) is 10.3 Å². The van der Waals surface area contributed by atoms with Gasteiger partial charge in [0.2, 0.25) is 0 Å². The summed E-state index contributed by atoms with van der Waals surface area (Å²) in [4.78, 5) is 19.1. The lowest BCUT2D eigenvalue weighted by atomic mass is 10.1. The van der Waals surface area contributed by atoms with Crippen LogP contribution in [0.5, 0.6) is 22.4 Å². The molecule has 0 saturated carbocycles. The van der Waals surface area contributed by atoms with E-state index in [1.807, 2.05) is 24.3 Å². The smallest absolute Gasteiger partial charge is 0.321 e. The van der Waals surface area contributed by atoms with E-state index in [-0.39, 0.29) is 12.1 Å². The maximum Gasteiger partial charge on any atom is 0.321 e. The quantitative estimate of drug-likeness (QED) is 0.608. The fraction of sp³-hybridized carbons (Fsp3) is 0.364. The SMILES string of the molecule is COc1ccc2sc(OC3CCN(C(=O)Nc4cccc(OC)c4OC)CC3)nc2c1. The van der Waals surface area contributed by atoms with Gasteiger partial charge in [-0.15, -0.1) is 0 Å². The number of para-hydroxylation sites is 1. The number of nitrogens with one attached hydrogen (secondary N) is 1. The number of hydrogen-bond donors (Lipinski definition) is 1. The fourth-order valence-corrected chi connectivity index (χ4v) is 4.42. The number of likely N-dealkylation sites (tertiary alicyclic amines) is 1. The maximum absolute atomic E-state index is 12.7. The van der Waals surface area contributed by atoms with Crippen molar-refractivity contribution < 1.29 is 23.7 Å². The molecular formula is C22H25N3O5S. The summed E-state index contributed by atoms with van der Waals surface area (Å²) < 4.78 is 23.1. The van der Waals surface area contributed by atoms with E-state index in [4.69, 9.17) is 18.9 Å². The van der Waals surface area contributed by atoms with Crippen molar-refractivity contribution in [3.05, 3.63) is 36.4 Å². The summed E-state index contributed by atoms with van der Waals surface area (Å²) in [5, 5.41) is 3.56. The van der Waals surface area contributed by atoms with Gasteiger partial charge < -0.3 is 29.2 Å². The van der Waals surface area contributed by atoms with Crippen LogP contribution in [0.1, 0.15) is 12.8 Å². The lowest BCUT2D eigenvalue weighted by Gasteiger charge is -2.31. The third-order valence-corrected chi connectivity index (χ3v) is 6.14. The van der Waals surface area contributed by atoms with Gasteiger partial charge in [0.05, 0.1) is 37.2 Å². The number of carbonyl (C=O) groups excluding carboxylic acids is 1. The number of benzene rings is 2. The van der Waals surface area contributed by atoms with Gasteiger partial charge >= 0.3 is 6.03 Å². The van der Waals surface area contributed by atoms with Crippen LogP contribution in [0.15, 0.2) is 36.4 Å². The molecule has 1 saturated heterocycles. The Morgan fingerprint density at radius 1 is 1.10 bits per heavy atom. The molecule has 3 aromatic rings. The molecule has 1 aliphatic heterocycles. The number of rotatable bonds is 6. The Morgan fingerprint density at radius 2 is 1.90 bits per heavy atom. The van der Waals surface area contributed by atoms with Gasteiger partial charge in [-0.05, 0) is 24.3 Å². The van der Waals surface area contributed by atoms with Crippen molar-refractivity contribution in [2.24, 2.45) is 0 Å². The van der Waals surface area contributed by atoms with E-state index in [1.54, 1.807) is 38.4 Å². The summed E-state index contributed by atoms with van der Waals surface area (Å²) in [7, 11) is 4.75. The first-order valence-electron chi connectivity index (χ1n) is 9.99. The highest BCUT2D eigenvalue weighted by Gasteiger charge is 2.25.